The molecule has 1 unspecified atom stereocenters. The van der Waals surface area contributed by atoms with Crippen LogP contribution in [0.25, 0.3) is 22.0 Å². The fourth-order valence-electron chi connectivity index (χ4n) is 7.57. The Morgan fingerprint density at radius 1 is 1.08 bits per heavy atom. The number of sulfonamides is 1. The monoisotopic (exact) mass is 764 g/mol. The minimum absolute atomic E-state index is 0.00958. The van der Waals surface area contributed by atoms with Crippen molar-refractivity contribution >= 4 is 38.3 Å². The third kappa shape index (κ3) is 6.33. The lowest BCUT2D eigenvalue weighted by atomic mass is 9.93. The molecule has 0 saturated heterocycles. The van der Waals surface area contributed by atoms with Gasteiger partial charge in [0.05, 0.1) is 34.9 Å². The lowest BCUT2D eigenvalue weighted by Crippen LogP contribution is -2.35. The number of aromatic nitrogens is 5. The molecule has 4 N–H and O–H groups in total. The number of hydrogen-bond acceptors (Lipinski definition) is 7. The van der Waals surface area contributed by atoms with E-state index >= 15 is 8.78 Å². The standard InChI is InChI=1S/C34H31F7N8O3S/c1-14-25-26-30(34(39,40)41)45-49(31(26)33(37,38)27(14)25)13-24(50)44-23(10-16-8-17(35)11-18(36)9-16)28-21(12-22(42)15(2)43-28)19-6-5-7-20-29(19)48(3)46-32(20)47-53(4,51)52/h5-9,11-12,14,23,25,27H,10,13,42H2,1-4H3,(H,44,50)(H,46,47)/t14-,23+,25?,27-/m1/s1. The van der Waals surface area contributed by atoms with Gasteiger partial charge in [0.1, 0.15) is 23.9 Å². The fraction of sp³-hybridized carbons (Fsp3) is 0.353. The summed E-state index contributed by atoms with van der Waals surface area (Å²) < 4.78 is 130. The van der Waals surface area contributed by atoms with Crippen LogP contribution in [0.3, 0.4) is 0 Å². The maximum atomic E-state index is 15.5. The zero-order valence-corrected chi connectivity index (χ0v) is 29.2. The van der Waals surface area contributed by atoms with Gasteiger partial charge in [0.15, 0.2) is 11.5 Å². The number of benzene rings is 2. The van der Waals surface area contributed by atoms with E-state index in [1.807, 2.05) is 0 Å². The number of nitrogens with two attached hydrogens (primary N) is 1. The number of para-hydroxylation sites is 1. The van der Waals surface area contributed by atoms with Crippen LogP contribution in [0.5, 0.6) is 0 Å². The molecule has 1 fully saturated rings. The minimum Gasteiger partial charge on any atom is -0.397 e. The Bertz CT molecular complexity index is 2420. The number of rotatable bonds is 9. The van der Waals surface area contributed by atoms with Crippen molar-refractivity contribution in [1.29, 1.82) is 0 Å². The highest BCUT2D eigenvalue weighted by Crippen LogP contribution is 2.71. The van der Waals surface area contributed by atoms with Crippen molar-refractivity contribution in [2.75, 3.05) is 16.7 Å². The van der Waals surface area contributed by atoms with Crippen molar-refractivity contribution in [2.45, 2.75) is 50.9 Å². The average molecular weight is 765 g/mol. The molecular weight excluding hydrogens is 733 g/mol. The first kappa shape index (κ1) is 36.2. The summed E-state index contributed by atoms with van der Waals surface area (Å²) in [5.74, 6) is -9.69. The maximum Gasteiger partial charge on any atom is 0.435 e. The second-order valence-corrected chi connectivity index (χ2v) is 15.3. The average Bonchev–Trinajstić information content (AvgIpc) is 3.26. The Morgan fingerprint density at radius 3 is 2.40 bits per heavy atom. The highest BCUT2D eigenvalue weighted by Gasteiger charge is 2.72. The van der Waals surface area contributed by atoms with Crippen LogP contribution in [0.1, 0.15) is 52.8 Å². The number of alkyl halides is 5. The molecule has 1 amide bonds. The molecule has 3 aromatic heterocycles. The first-order valence-corrected chi connectivity index (χ1v) is 18.1. The number of nitrogens with one attached hydrogen (secondary N) is 2. The van der Waals surface area contributed by atoms with Crippen LogP contribution in [-0.4, -0.2) is 45.1 Å². The van der Waals surface area contributed by atoms with Crippen molar-refractivity contribution < 1.29 is 43.9 Å². The summed E-state index contributed by atoms with van der Waals surface area (Å²) in [6, 6.07) is 7.77. The maximum absolute atomic E-state index is 15.5. The first-order valence-electron chi connectivity index (χ1n) is 16.2. The van der Waals surface area contributed by atoms with Gasteiger partial charge in [-0.3, -0.25) is 23.9 Å². The molecule has 2 aliphatic carbocycles. The number of pyridine rings is 1. The predicted octanol–water partition coefficient (Wildman–Crippen LogP) is 5.95. The summed E-state index contributed by atoms with van der Waals surface area (Å²) >= 11 is 0. The van der Waals surface area contributed by atoms with Gasteiger partial charge in [-0.25, -0.2) is 17.2 Å². The smallest absolute Gasteiger partial charge is 0.397 e. The van der Waals surface area contributed by atoms with E-state index in [0.29, 0.717) is 27.2 Å². The second-order valence-electron chi connectivity index (χ2n) is 13.5. The van der Waals surface area contributed by atoms with Crippen molar-refractivity contribution in [2.24, 2.45) is 18.9 Å². The first-order chi connectivity index (χ1) is 24.7. The number of fused-ring (bicyclic) bond motifs is 4. The van der Waals surface area contributed by atoms with Gasteiger partial charge >= 0.3 is 6.18 Å². The predicted molar refractivity (Wildman–Crippen MR) is 179 cm³/mol. The van der Waals surface area contributed by atoms with Crippen molar-refractivity contribution in [3.05, 3.63) is 88.0 Å². The van der Waals surface area contributed by atoms with Gasteiger partial charge in [0, 0.05) is 47.0 Å². The number of hydrogen-bond donors (Lipinski definition) is 3. The number of carbonyl (C=O) groups is 1. The fourth-order valence-corrected chi connectivity index (χ4v) is 8.07. The number of amides is 1. The molecule has 5 aromatic rings. The summed E-state index contributed by atoms with van der Waals surface area (Å²) in [6.07, 6.45) is -4.43. The van der Waals surface area contributed by atoms with E-state index in [-0.39, 0.29) is 40.4 Å². The van der Waals surface area contributed by atoms with Gasteiger partial charge in [0.2, 0.25) is 15.9 Å². The molecule has 2 aliphatic rings. The molecule has 1 saturated carbocycles. The van der Waals surface area contributed by atoms with E-state index in [1.165, 1.54) is 17.7 Å². The van der Waals surface area contributed by atoms with Crippen LogP contribution in [0.15, 0.2) is 42.5 Å². The van der Waals surface area contributed by atoms with Crippen molar-refractivity contribution in [3.8, 4) is 11.1 Å². The number of carbonyl (C=O) groups excluding carboxylic acids is 1. The zero-order valence-electron chi connectivity index (χ0n) is 28.4. The molecule has 2 aromatic carbocycles. The van der Waals surface area contributed by atoms with Crippen LogP contribution < -0.4 is 15.8 Å². The highest BCUT2D eigenvalue weighted by molar-refractivity contribution is 7.92. The summed E-state index contributed by atoms with van der Waals surface area (Å²) in [7, 11) is -2.20. The van der Waals surface area contributed by atoms with Crippen LogP contribution in [0, 0.1) is 30.4 Å². The molecule has 53 heavy (non-hydrogen) atoms. The molecular formula is C34H31F7N8O3S. The van der Waals surface area contributed by atoms with Gasteiger partial charge in [-0.05, 0) is 49.1 Å². The van der Waals surface area contributed by atoms with Crippen LogP contribution in [0.2, 0.25) is 0 Å². The Morgan fingerprint density at radius 2 is 1.75 bits per heavy atom. The SMILES string of the molecule is Cc1nc([C@H](Cc2cc(F)cc(F)c2)NC(=O)Cn2nc(C(F)(F)F)c3c2C(F)(F)[C@H]2C3[C@H]2C)c(-c2cccc3c(NS(C)(=O)=O)nn(C)c23)cc1N. The van der Waals surface area contributed by atoms with Crippen molar-refractivity contribution in [3.63, 3.8) is 0 Å². The molecule has 19 heteroatoms. The van der Waals surface area contributed by atoms with Gasteiger partial charge in [-0.1, -0.05) is 19.1 Å². The number of nitrogens with zero attached hydrogens (tertiary/aromatic N) is 5. The van der Waals surface area contributed by atoms with E-state index < -0.39 is 87.0 Å². The quantitative estimate of drug-likeness (QED) is 0.157. The third-order valence-corrected chi connectivity index (χ3v) is 10.3. The Labute approximate surface area is 297 Å². The van der Waals surface area contributed by atoms with Crippen LogP contribution >= 0.6 is 0 Å². The molecule has 7 rings (SSSR count). The molecule has 280 valence electrons. The van der Waals surface area contributed by atoms with E-state index in [4.69, 9.17) is 5.73 Å². The topological polar surface area (TPSA) is 150 Å². The molecule has 0 radical (unpaired) electrons. The van der Waals surface area contributed by atoms with Crippen LogP contribution in [-0.2, 0) is 46.9 Å². The minimum atomic E-state index is -5.06. The number of anilines is 2. The second kappa shape index (κ2) is 12.2. The molecule has 11 nitrogen and oxygen atoms in total. The summed E-state index contributed by atoms with van der Waals surface area (Å²) in [4.78, 5) is 18.4. The third-order valence-electron chi connectivity index (χ3n) is 9.74. The normalized spacial score (nSPS) is 19.6. The van der Waals surface area contributed by atoms with E-state index in [9.17, 15) is 35.2 Å². The van der Waals surface area contributed by atoms with E-state index in [0.717, 1.165) is 18.4 Å². The summed E-state index contributed by atoms with van der Waals surface area (Å²) in [5.41, 5.74) is 4.90. The Balaban J connectivity index is 1.34. The number of aryl methyl sites for hydroxylation is 2. The van der Waals surface area contributed by atoms with E-state index in [1.54, 1.807) is 32.2 Å². The van der Waals surface area contributed by atoms with Gasteiger partial charge < -0.3 is 11.1 Å². The van der Waals surface area contributed by atoms with Gasteiger partial charge in [-0.15, -0.1) is 0 Å². The van der Waals surface area contributed by atoms with E-state index in [2.05, 4.69) is 25.2 Å². The Hall–Kier alpha value is -5.20. The molecule has 0 spiro atoms. The zero-order chi connectivity index (χ0) is 38.5. The lowest BCUT2D eigenvalue weighted by molar-refractivity contribution is -0.142. The van der Waals surface area contributed by atoms with Gasteiger partial charge in [0.25, 0.3) is 5.92 Å². The van der Waals surface area contributed by atoms with Gasteiger partial charge in [-0.2, -0.15) is 32.1 Å². The lowest BCUT2D eigenvalue weighted by Gasteiger charge is -2.24. The van der Waals surface area contributed by atoms with Crippen molar-refractivity contribution in [1.82, 2.24) is 29.9 Å². The summed E-state index contributed by atoms with van der Waals surface area (Å²) in [6.45, 7) is 1.95. The molecule has 0 aliphatic heterocycles. The largest absolute Gasteiger partial charge is 0.435 e. The highest BCUT2D eigenvalue weighted by atomic mass is 32.2. The molecule has 3 heterocycles. The van der Waals surface area contributed by atoms with Crippen LogP contribution in [0.4, 0.5) is 42.2 Å². The number of halogens is 7. The molecule has 4 atom stereocenters. The number of nitrogen functional groups attached to an aromatic ring is 1. The Kier molecular flexibility index (Phi) is 8.31. The summed E-state index contributed by atoms with van der Waals surface area (Å²) in [5, 5.41) is 10.8. The molecule has 0 bridgehead atoms.